The third-order valence-corrected chi connectivity index (χ3v) is 2.79. The molecule has 98 valence electrons. The van der Waals surface area contributed by atoms with Crippen LogP contribution in [0.15, 0.2) is 41.5 Å². The molecule has 0 aliphatic rings. The molecule has 0 radical (unpaired) electrons. The minimum Gasteiger partial charge on any atom is -0.457 e. The van der Waals surface area contributed by atoms with E-state index in [1.165, 1.54) is 0 Å². The molecule has 0 saturated carbocycles. The van der Waals surface area contributed by atoms with Crippen molar-refractivity contribution in [1.29, 1.82) is 5.53 Å². The number of nitrogens with zero attached hydrogens (tertiary/aromatic N) is 1. The fraction of sp³-hybridized carbons (Fsp3) is 0.143. The van der Waals surface area contributed by atoms with Gasteiger partial charge in [-0.25, -0.2) is 5.53 Å². The highest BCUT2D eigenvalue weighted by Gasteiger charge is 2.05. The van der Waals surface area contributed by atoms with E-state index in [4.69, 9.17) is 16.0 Å². The predicted octanol–water partition coefficient (Wildman–Crippen LogP) is 4.07. The van der Waals surface area contributed by atoms with E-state index < -0.39 is 0 Å². The summed E-state index contributed by atoms with van der Waals surface area (Å²) in [6.45, 7) is 1.93. The van der Waals surface area contributed by atoms with Crippen molar-refractivity contribution >= 4 is 17.1 Å². The molecule has 0 amide bonds. The minimum absolute atomic E-state index is 0.535. The summed E-state index contributed by atoms with van der Waals surface area (Å²) < 4.78 is 5.78. The number of nitrogens with two attached hydrogens (primary N) is 1. The Kier molecular flexibility index (Phi) is 3.66. The highest BCUT2D eigenvalue weighted by atomic mass is 16.5. The Bertz CT molecular complexity index is 610. The number of aryl methyl sites for hydroxylation is 1. The Labute approximate surface area is 111 Å². The van der Waals surface area contributed by atoms with Crippen molar-refractivity contribution < 1.29 is 4.74 Å². The number of hydrogen-bond donors (Lipinski definition) is 3. The van der Waals surface area contributed by atoms with Crippen LogP contribution >= 0.6 is 0 Å². The van der Waals surface area contributed by atoms with E-state index in [0.717, 1.165) is 17.0 Å². The van der Waals surface area contributed by atoms with E-state index in [0.29, 0.717) is 17.1 Å². The van der Waals surface area contributed by atoms with Gasteiger partial charge >= 0.3 is 0 Å². The van der Waals surface area contributed by atoms with Crippen molar-refractivity contribution in [2.24, 2.45) is 5.11 Å². The standard InChI is InChI=1S/C14H16N4O/c1-9-7-10(15)3-6-14(9)19-11-4-5-12(17-2)13(8-11)18-16/h3-8,16-17H,15H2,1-2H3. The number of nitrogen functional groups attached to an aromatic ring is 1. The zero-order chi connectivity index (χ0) is 13.8. The maximum atomic E-state index is 7.15. The monoisotopic (exact) mass is 256 g/mol. The lowest BCUT2D eigenvalue weighted by molar-refractivity contribution is 0.479. The summed E-state index contributed by atoms with van der Waals surface area (Å²) in [6, 6.07) is 10.8. The molecule has 5 nitrogen and oxygen atoms in total. The molecule has 0 fully saturated rings. The molecule has 19 heavy (non-hydrogen) atoms. The summed E-state index contributed by atoms with van der Waals surface area (Å²) in [6.07, 6.45) is 0. The van der Waals surface area contributed by atoms with E-state index in [-0.39, 0.29) is 0 Å². The molecule has 5 heteroatoms. The lowest BCUT2D eigenvalue weighted by Crippen LogP contribution is -1.92. The fourth-order valence-corrected chi connectivity index (χ4v) is 1.79. The normalized spacial score (nSPS) is 10.0. The van der Waals surface area contributed by atoms with Gasteiger partial charge in [0.1, 0.15) is 17.2 Å². The van der Waals surface area contributed by atoms with E-state index in [1.54, 1.807) is 19.2 Å². The summed E-state index contributed by atoms with van der Waals surface area (Å²) >= 11 is 0. The maximum absolute atomic E-state index is 7.15. The lowest BCUT2D eigenvalue weighted by Gasteiger charge is -2.11. The van der Waals surface area contributed by atoms with Crippen LogP contribution in [-0.2, 0) is 0 Å². The molecule has 0 heterocycles. The first-order valence-electron chi connectivity index (χ1n) is 5.87. The van der Waals surface area contributed by atoms with Crippen LogP contribution in [0.3, 0.4) is 0 Å². The summed E-state index contributed by atoms with van der Waals surface area (Å²) in [5.74, 6) is 1.38. The Morgan fingerprint density at radius 1 is 1.21 bits per heavy atom. The van der Waals surface area contributed by atoms with Crippen molar-refractivity contribution in [2.45, 2.75) is 6.92 Å². The first-order valence-corrected chi connectivity index (χ1v) is 5.87. The van der Waals surface area contributed by atoms with Gasteiger partial charge in [0.05, 0.1) is 5.69 Å². The second kappa shape index (κ2) is 5.39. The molecular formula is C14H16N4O. The molecule has 0 aliphatic heterocycles. The molecule has 0 spiro atoms. The number of rotatable bonds is 4. The number of nitrogens with one attached hydrogen (secondary N) is 2. The Morgan fingerprint density at radius 3 is 2.63 bits per heavy atom. The average molecular weight is 256 g/mol. The van der Waals surface area contributed by atoms with Crippen molar-refractivity contribution in [1.82, 2.24) is 0 Å². The molecule has 0 aliphatic carbocycles. The zero-order valence-electron chi connectivity index (χ0n) is 10.9. The summed E-state index contributed by atoms with van der Waals surface area (Å²) in [5, 5.41) is 6.44. The van der Waals surface area contributed by atoms with Gasteiger partial charge in [-0.3, -0.25) is 0 Å². The van der Waals surface area contributed by atoms with Gasteiger partial charge in [-0.05, 0) is 42.8 Å². The Morgan fingerprint density at radius 2 is 2.00 bits per heavy atom. The zero-order valence-corrected chi connectivity index (χ0v) is 10.9. The van der Waals surface area contributed by atoms with Crippen LogP contribution in [0.2, 0.25) is 0 Å². The van der Waals surface area contributed by atoms with Crippen LogP contribution in [0.25, 0.3) is 0 Å². The largest absolute Gasteiger partial charge is 0.457 e. The van der Waals surface area contributed by atoms with Gasteiger partial charge in [0.2, 0.25) is 0 Å². The first-order chi connectivity index (χ1) is 9.13. The fourth-order valence-electron chi connectivity index (χ4n) is 1.79. The van der Waals surface area contributed by atoms with Crippen molar-refractivity contribution in [3.05, 3.63) is 42.0 Å². The molecule has 0 atom stereocenters. The van der Waals surface area contributed by atoms with Crippen LogP contribution < -0.4 is 15.8 Å². The summed E-state index contributed by atoms with van der Waals surface area (Å²) in [4.78, 5) is 0. The molecule has 0 unspecified atom stereocenters. The van der Waals surface area contributed by atoms with Crippen LogP contribution in [-0.4, -0.2) is 7.05 Å². The van der Waals surface area contributed by atoms with Crippen molar-refractivity contribution in [3.8, 4) is 11.5 Å². The molecule has 4 N–H and O–H groups in total. The predicted molar refractivity (Wildman–Crippen MR) is 76.5 cm³/mol. The lowest BCUT2D eigenvalue weighted by atomic mass is 10.2. The quantitative estimate of drug-likeness (QED) is 0.569. The van der Waals surface area contributed by atoms with Crippen LogP contribution in [0.1, 0.15) is 5.56 Å². The van der Waals surface area contributed by atoms with Crippen LogP contribution in [0.5, 0.6) is 11.5 Å². The number of ether oxygens (including phenoxy) is 1. The minimum atomic E-state index is 0.535. The van der Waals surface area contributed by atoms with Gasteiger partial charge in [0.15, 0.2) is 0 Å². The molecule has 0 bridgehead atoms. The molecule has 0 aromatic heterocycles. The van der Waals surface area contributed by atoms with Crippen molar-refractivity contribution in [3.63, 3.8) is 0 Å². The van der Waals surface area contributed by atoms with E-state index in [2.05, 4.69) is 10.4 Å². The second-order valence-corrected chi connectivity index (χ2v) is 4.17. The van der Waals surface area contributed by atoms with Gasteiger partial charge in [0, 0.05) is 18.8 Å². The smallest absolute Gasteiger partial charge is 0.130 e. The molecule has 0 saturated heterocycles. The first kappa shape index (κ1) is 12.9. The van der Waals surface area contributed by atoms with Gasteiger partial charge in [-0.15, -0.1) is 0 Å². The third-order valence-electron chi connectivity index (χ3n) is 2.79. The summed E-state index contributed by atoms with van der Waals surface area (Å²) in [7, 11) is 1.79. The topological polar surface area (TPSA) is 83.5 Å². The third kappa shape index (κ3) is 2.82. The van der Waals surface area contributed by atoms with Crippen molar-refractivity contribution in [2.75, 3.05) is 18.1 Å². The highest BCUT2D eigenvalue weighted by molar-refractivity contribution is 5.67. The highest BCUT2D eigenvalue weighted by Crippen LogP contribution is 2.33. The molecular weight excluding hydrogens is 240 g/mol. The number of hydrogen-bond acceptors (Lipinski definition) is 5. The SMILES string of the molecule is CNc1ccc(Oc2ccc(N)cc2C)cc1N=N. The van der Waals surface area contributed by atoms with Gasteiger partial charge < -0.3 is 15.8 Å². The van der Waals surface area contributed by atoms with E-state index >= 15 is 0 Å². The van der Waals surface area contributed by atoms with E-state index in [9.17, 15) is 0 Å². The van der Waals surface area contributed by atoms with Gasteiger partial charge in [0.25, 0.3) is 0 Å². The second-order valence-electron chi connectivity index (χ2n) is 4.17. The Hall–Kier alpha value is -2.56. The number of benzene rings is 2. The Balaban J connectivity index is 2.30. The van der Waals surface area contributed by atoms with Crippen LogP contribution in [0, 0.1) is 12.5 Å². The summed E-state index contributed by atoms with van der Waals surface area (Å²) in [5.41, 5.74) is 15.8. The van der Waals surface area contributed by atoms with Crippen LogP contribution in [0.4, 0.5) is 17.1 Å². The molecule has 2 aromatic rings. The molecule has 2 rings (SSSR count). The van der Waals surface area contributed by atoms with E-state index in [1.807, 2.05) is 31.2 Å². The number of anilines is 2. The maximum Gasteiger partial charge on any atom is 0.130 e. The average Bonchev–Trinajstić information content (AvgIpc) is 2.41. The van der Waals surface area contributed by atoms with Gasteiger partial charge in [-0.2, -0.15) is 5.11 Å². The van der Waals surface area contributed by atoms with Gasteiger partial charge in [-0.1, -0.05) is 0 Å². The molecule has 2 aromatic carbocycles.